The van der Waals surface area contributed by atoms with Crippen molar-refractivity contribution in [3.63, 3.8) is 0 Å². The van der Waals surface area contributed by atoms with E-state index in [1.165, 1.54) is 0 Å². The van der Waals surface area contributed by atoms with Crippen molar-refractivity contribution in [3.05, 3.63) is 59.4 Å². The molecule has 0 spiro atoms. The summed E-state index contributed by atoms with van der Waals surface area (Å²) in [6, 6.07) is 12.8. The van der Waals surface area contributed by atoms with E-state index in [9.17, 15) is 4.79 Å². The molecule has 3 rings (SSSR count). The molecule has 0 N–H and O–H groups in total. The first-order valence-electron chi connectivity index (χ1n) is 9.22. The number of carbonyl (C=O) groups is 1. The van der Waals surface area contributed by atoms with E-state index in [2.05, 4.69) is 18.7 Å². The van der Waals surface area contributed by atoms with E-state index in [1.807, 2.05) is 30.3 Å². The Labute approximate surface area is 160 Å². The Kier molecular flexibility index (Phi) is 6.14. The van der Waals surface area contributed by atoms with Crippen LogP contribution < -0.4 is 14.2 Å². The van der Waals surface area contributed by atoms with Crippen LogP contribution in [0, 0.1) is 0 Å². The van der Waals surface area contributed by atoms with Crippen molar-refractivity contribution in [2.45, 2.75) is 13.8 Å². The molecule has 5 heteroatoms. The van der Waals surface area contributed by atoms with Crippen LogP contribution in [-0.4, -0.2) is 44.0 Å². The van der Waals surface area contributed by atoms with Gasteiger partial charge < -0.3 is 19.1 Å². The van der Waals surface area contributed by atoms with Crippen molar-refractivity contribution in [1.82, 2.24) is 4.90 Å². The van der Waals surface area contributed by atoms with E-state index >= 15 is 0 Å². The molecule has 1 heterocycles. The third kappa shape index (κ3) is 4.49. The number of nitrogens with zero attached hydrogens (tertiary/aromatic N) is 1. The quantitative estimate of drug-likeness (QED) is 0.659. The lowest BCUT2D eigenvalue weighted by Gasteiger charge is -2.18. The standard InChI is InChI=1S/C22H25NO4/c1-4-23(5-2)11-12-26-18-9-10-19-20(15-18)27-21(22(19)24)14-16-7-6-8-17(13-16)25-3/h6-10,13-15H,4-5,11-12H2,1-3H3/b21-14-. The minimum atomic E-state index is -0.123. The molecule has 0 aliphatic carbocycles. The van der Waals surface area contributed by atoms with Crippen LogP contribution in [0.1, 0.15) is 29.8 Å². The van der Waals surface area contributed by atoms with Gasteiger partial charge >= 0.3 is 0 Å². The van der Waals surface area contributed by atoms with Crippen LogP contribution in [0.2, 0.25) is 0 Å². The number of hydrogen-bond acceptors (Lipinski definition) is 5. The van der Waals surface area contributed by atoms with E-state index in [4.69, 9.17) is 14.2 Å². The van der Waals surface area contributed by atoms with E-state index in [-0.39, 0.29) is 5.78 Å². The Balaban J connectivity index is 1.70. The predicted octanol–water partition coefficient (Wildman–Crippen LogP) is 4.03. The van der Waals surface area contributed by atoms with Gasteiger partial charge in [0.2, 0.25) is 5.78 Å². The number of allylic oxidation sites excluding steroid dienone is 1. The normalized spacial score (nSPS) is 14.4. The monoisotopic (exact) mass is 367 g/mol. The minimum absolute atomic E-state index is 0.123. The highest BCUT2D eigenvalue weighted by molar-refractivity contribution is 6.14. The number of carbonyl (C=O) groups excluding carboxylic acids is 1. The Morgan fingerprint density at radius 1 is 1.07 bits per heavy atom. The average molecular weight is 367 g/mol. The van der Waals surface area contributed by atoms with Crippen LogP contribution in [0.5, 0.6) is 17.2 Å². The molecular weight excluding hydrogens is 342 g/mol. The number of fused-ring (bicyclic) bond motifs is 1. The first-order valence-corrected chi connectivity index (χ1v) is 9.22. The van der Waals surface area contributed by atoms with Crippen LogP contribution in [0.3, 0.4) is 0 Å². The summed E-state index contributed by atoms with van der Waals surface area (Å²) in [6.07, 6.45) is 1.73. The third-order valence-electron chi connectivity index (χ3n) is 4.60. The number of likely N-dealkylation sites (N-methyl/N-ethyl adjacent to an activating group) is 1. The molecule has 2 aromatic carbocycles. The van der Waals surface area contributed by atoms with Gasteiger partial charge in [-0.3, -0.25) is 4.79 Å². The molecule has 27 heavy (non-hydrogen) atoms. The highest BCUT2D eigenvalue weighted by Gasteiger charge is 2.27. The lowest BCUT2D eigenvalue weighted by atomic mass is 10.1. The summed E-state index contributed by atoms with van der Waals surface area (Å²) < 4.78 is 16.8. The van der Waals surface area contributed by atoms with E-state index in [0.29, 0.717) is 29.4 Å². The smallest absolute Gasteiger partial charge is 0.231 e. The zero-order chi connectivity index (χ0) is 19.2. The zero-order valence-electron chi connectivity index (χ0n) is 16.0. The first-order chi connectivity index (χ1) is 13.1. The lowest BCUT2D eigenvalue weighted by Crippen LogP contribution is -2.27. The SMILES string of the molecule is CCN(CC)CCOc1ccc2c(c1)O/C(=C\c1cccc(OC)c1)C2=O. The number of Topliss-reactive ketones (excluding diaryl/α,β-unsaturated/α-hetero) is 1. The Morgan fingerprint density at radius 3 is 2.63 bits per heavy atom. The van der Waals surface area contributed by atoms with Crippen molar-refractivity contribution in [2.24, 2.45) is 0 Å². The maximum atomic E-state index is 12.6. The maximum absolute atomic E-state index is 12.6. The summed E-state index contributed by atoms with van der Waals surface area (Å²) in [5, 5.41) is 0. The highest BCUT2D eigenvalue weighted by atomic mass is 16.5. The first kappa shape index (κ1) is 19.0. The van der Waals surface area contributed by atoms with Crippen LogP contribution >= 0.6 is 0 Å². The van der Waals surface area contributed by atoms with E-state index in [0.717, 1.165) is 30.9 Å². The molecule has 142 valence electrons. The summed E-state index contributed by atoms with van der Waals surface area (Å²) in [5.41, 5.74) is 1.40. The van der Waals surface area contributed by atoms with Crippen molar-refractivity contribution in [1.29, 1.82) is 0 Å². The minimum Gasteiger partial charge on any atom is -0.497 e. The van der Waals surface area contributed by atoms with Gasteiger partial charge in [-0.2, -0.15) is 0 Å². The molecule has 0 atom stereocenters. The molecule has 0 fully saturated rings. The van der Waals surface area contributed by atoms with Gasteiger partial charge in [0.1, 0.15) is 23.9 Å². The fourth-order valence-electron chi connectivity index (χ4n) is 2.97. The fraction of sp³-hybridized carbons (Fsp3) is 0.318. The Morgan fingerprint density at radius 2 is 1.89 bits per heavy atom. The summed E-state index contributed by atoms with van der Waals surface area (Å²) in [5.74, 6) is 2.16. The summed E-state index contributed by atoms with van der Waals surface area (Å²) >= 11 is 0. The topological polar surface area (TPSA) is 48.0 Å². The molecule has 0 radical (unpaired) electrons. The van der Waals surface area contributed by atoms with Gasteiger partial charge in [-0.25, -0.2) is 0 Å². The zero-order valence-corrected chi connectivity index (χ0v) is 16.0. The van der Waals surface area contributed by atoms with Gasteiger partial charge in [-0.1, -0.05) is 26.0 Å². The molecular formula is C22H25NO4. The molecule has 0 aromatic heterocycles. The molecule has 0 bridgehead atoms. The van der Waals surface area contributed by atoms with Gasteiger partial charge in [0.15, 0.2) is 5.76 Å². The number of hydrogen-bond donors (Lipinski definition) is 0. The van der Waals surface area contributed by atoms with Crippen LogP contribution in [0.4, 0.5) is 0 Å². The van der Waals surface area contributed by atoms with Gasteiger partial charge in [0.05, 0.1) is 12.7 Å². The molecule has 5 nitrogen and oxygen atoms in total. The van der Waals surface area contributed by atoms with Crippen molar-refractivity contribution >= 4 is 11.9 Å². The second-order valence-electron chi connectivity index (χ2n) is 6.25. The highest BCUT2D eigenvalue weighted by Crippen LogP contribution is 2.35. The number of methoxy groups -OCH3 is 1. The number of benzene rings is 2. The maximum Gasteiger partial charge on any atom is 0.231 e. The fourth-order valence-corrected chi connectivity index (χ4v) is 2.97. The van der Waals surface area contributed by atoms with Crippen LogP contribution in [0.25, 0.3) is 6.08 Å². The molecule has 1 aliphatic heterocycles. The van der Waals surface area contributed by atoms with E-state index < -0.39 is 0 Å². The van der Waals surface area contributed by atoms with Crippen LogP contribution in [0.15, 0.2) is 48.2 Å². The lowest BCUT2D eigenvalue weighted by molar-refractivity contribution is 0.101. The summed E-state index contributed by atoms with van der Waals surface area (Å²) in [7, 11) is 1.61. The average Bonchev–Trinajstić information content (AvgIpc) is 3.00. The molecule has 0 saturated heterocycles. The van der Waals surface area contributed by atoms with Gasteiger partial charge in [-0.05, 0) is 49.0 Å². The van der Waals surface area contributed by atoms with Crippen molar-refractivity contribution in [3.8, 4) is 17.2 Å². The Bertz CT molecular complexity index is 840. The van der Waals surface area contributed by atoms with E-state index in [1.54, 1.807) is 25.3 Å². The molecule has 0 saturated carbocycles. The van der Waals surface area contributed by atoms with Crippen LogP contribution in [-0.2, 0) is 0 Å². The largest absolute Gasteiger partial charge is 0.497 e. The van der Waals surface area contributed by atoms with Crippen molar-refractivity contribution in [2.75, 3.05) is 33.4 Å². The van der Waals surface area contributed by atoms with Gasteiger partial charge in [0.25, 0.3) is 0 Å². The summed E-state index contributed by atoms with van der Waals surface area (Å²) in [4.78, 5) is 14.9. The number of rotatable bonds is 8. The molecule has 1 aliphatic rings. The second kappa shape index (κ2) is 8.73. The Hall–Kier alpha value is -2.79. The molecule has 2 aromatic rings. The third-order valence-corrected chi connectivity index (χ3v) is 4.60. The summed E-state index contributed by atoms with van der Waals surface area (Å²) in [6.45, 7) is 7.73. The number of ketones is 1. The predicted molar refractivity (Wildman–Crippen MR) is 106 cm³/mol. The second-order valence-corrected chi connectivity index (χ2v) is 6.25. The van der Waals surface area contributed by atoms with Gasteiger partial charge in [0, 0.05) is 12.6 Å². The number of ether oxygens (including phenoxy) is 3. The van der Waals surface area contributed by atoms with Crippen molar-refractivity contribution < 1.29 is 19.0 Å². The molecule has 0 unspecified atom stereocenters. The molecule has 0 amide bonds. The van der Waals surface area contributed by atoms with Gasteiger partial charge in [-0.15, -0.1) is 0 Å².